The van der Waals surface area contributed by atoms with Gasteiger partial charge in [0.1, 0.15) is 29.2 Å². The smallest absolute Gasteiger partial charge is 0.336 e. The summed E-state index contributed by atoms with van der Waals surface area (Å²) in [6.45, 7) is 22.1. The van der Waals surface area contributed by atoms with Gasteiger partial charge in [0, 0.05) is 90.3 Å². The molecule has 3 heterocycles. The van der Waals surface area contributed by atoms with Crippen molar-refractivity contribution in [1.82, 2.24) is 30.9 Å². The maximum Gasteiger partial charge on any atom is 0.336 e. The number of carbonyl (C=O) groups is 4. The Kier molecular flexibility index (Phi) is 31.2. The van der Waals surface area contributed by atoms with Gasteiger partial charge < -0.3 is 89.3 Å². The SMILES string of the molecule is C=CC(=C)NCCOCCOCCOCCOCCOCCOCCC(=O)NCCCC[C@@H](C(=O)Nc1ccc(CCO[C@@H]2O[C@H](CO)C[C@H](O)[C@H]2O)cc1)n1cc(CNC(=O)c2ccc(C(=O)O)c(-c3c4cc(C)/c(=N\CC)cc-4oc4cc(NCC)c(C)cc34)c2)nn1. The maximum atomic E-state index is 14.2. The zero-order valence-electron chi connectivity index (χ0n) is 54.9. The van der Waals surface area contributed by atoms with Gasteiger partial charge in [0.05, 0.1) is 128 Å². The van der Waals surface area contributed by atoms with Crippen LogP contribution in [-0.2, 0) is 60.4 Å². The van der Waals surface area contributed by atoms with Crippen molar-refractivity contribution in [2.75, 3.05) is 129 Å². The van der Waals surface area contributed by atoms with E-state index in [0.717, 1.165) is 33.4 Å². The Morgan fingerprint density at radius 1 is 0.789 bits per heavy atom. The van der Waals surface area contributed by atoms with Gasteiger partial charge in [-0.2, -0.15) is 0 Å². The third-order valence-electron chi connectivity index (χ3n) is 15.5. The average molecular weight is 1320 g/mol. The zero-order chi connectivity index (χ0) is 67.9. The van der Waals surface area contributed by atoms with Gasteiger partial charge in [0.2, 0.25) is 11.8 Å². The number of hydrogen-bond donors (Lipinski definition) is 9. The second-order valence-electron chi connectivity index (χ2n) is 22.6. The van der Waals surface area contributed by atoms with Gasteiger partial charge in [-0.3, -0.25) is 19.4 Å². The van der Waals surface area contributed by atoms with Crippen LogP contribution in [0.15, 0.2) is 107 Å². The highest BCUT2D eigenvalue weighted by Gasteiger charge is 2.37. The number of nitrogens with zero attached hydrogens (tertiary/aromatic N) is 4. The fraction of sp³-hybridized carbons (Fsp3) is 0.493. The number of carbonyl (C=O) groups excluding carboxylic acids is 3. The molecule has 4 aromatic rings. The molecule has 0 spiro atoms. The molecule has 5 atom stereocenters. The van der Waals surface area contributed by atoms with Crippen molar-refractivity contribution in [3.8, 4) is 22.5 Å². The number of hydrogen-bond acceptors (Lipinski definition) is 21. The van der Waals surface area contributed by atoms with E-state index < -0.39 is 48.4 Å². The van der Waals surface area contributed by atoms with Gasteiger partial charge in [-0.15, -0.1) is 5.10 Å². The summed E-state index contributed by atoms with van der Waals surface area (Å²) in [5, 5.41) is 66.0. The Morgan fingerprint density at radius 3 is 2.13 bits per heavy atom. The zero-order valence-corrected chi connectivity index (χ0v) is 54.9. The molecule has 26 heteroatoms. The van der Waals surface area contributed by atoms with Crippen LogP contribution in [0.25, 0.3) is 33.4 Å². The fourth-order valence-electron chi connectivity index (χ4n) is 10.4. The minimum absolute atomic E-state index is 0.0132. The number of nitrogens with one attached hydrogen (secondary N) is 5. The number of carboxylic acid groups (broad SMARTS) is 1. The van der Waals surface area contributed by atoms with Crippen LogP contribution in [0.1, 0.15) is 95.1 Å². The number of unbranched alkanes of at least 4 members (excludes halogenated alkanes) is 1. The van der Waals surface area contributed by atoms with E-state index in [4.69, 9.17) is 42.3 Å². The van der Waals surface area contributed by atoms with Crippen molar-refractivity contribution in [2.24, 2.45) is 4.99 Å². The first-order valence-electron chi connectivity index (χ1n) is 32.4. The van der Waals surface area contributed by atoms with Crippen LogP contribution in [0.5, 0.6) is 0 Å². The summed E-state index contributed by atoms with van der Waals surface area (Å²) < 4.78 is 52.5. The van der Waals surface area contributed by atoms with E-state index in [0.29, 0.717) is 169 Å². The van der Waals surface area contributed by atoms with Gasteiger partial charge in [0.25, 0.3) is 5.91 Å². The van der Waals surface area contributed by atoms with Gasteiger partial charge in [-0.05, 0) is 124 Å². The lowest BCUT2D eigenvalue weighted by Crippen LogP contribution is -2.50. The van der Waals surface area contributed by atoms with Crippen LogP contribution >= 0.6 is 0 Å². The predicted octanol–water partition coefficient (Wildman–Crippen LogP) is 6.03. The highest BCUT2D eigenvalue weighted by atomic mass is 16.7. The summed E-state index contributed by atoms with van der Waals surface area (Å²) >= 11 is 0. The van der Waals surface area contributed by atoms with Crippen molar-refractivity contribution in [2.45, 2.75) is 103 Å². The Morgan fingerprint density at radius 2 is 1.47 bits per heavy atom. The Labute approximate surface area is 553 Å². The molecule has 0 saturated carbocycles. The van der Waals surface area contributed by atoms with Crippen LogP contribution in [-0.4, -0.2) is 202 Å². The molecule has 1 aromatic heterocycles. The molecular weight excluding hydrogens is 1230 g/mol. The second kappa shape index (κ2) is 39.8. The lowest BCUT2D eigenvalue weighted by atomic mass is 9.88. The molecule has 3 amide bonds. The van der Waals surface area contributed by atoms with E-state index in [1.165, 1.54) is 16.8 Å². The summed E-state index contributed by atoms with van der Waals surface area (Å²) in [5.41, 5.74) is 7.34. The number of benzene rings is 4. The minimum atomic E-state index is -1.26. The molecular formula is C69H93N9O17. The molecule has 26 nitrogen and oxygen atoms in total. The predicted molar refractivity (Wildman–Crippen MR) is 356 cm³/mol. The summed E-state index contributed by atoms with van der Waals surface area (Å²) in [7, 11) is 0. The van der Waals surface area contributed by atoms with Crippen molar-refractivity contribution < 1.29 is 81.9 Å². The van der Waals surface area contributed by atoms with Crippen LogP contribution in [0.3, 0.4) is 0 Å². The summed E-state index contributed by atoms with van der Waals surface area (Å²) in [6, 6.07) is 18.3. The van der Waals surface area contributed by atoms with Crippen molar-refractivity contribution in [1.29, 1.82) is 0 Å². The topological polar surface area (TPSA) is 339 Å². The molecule has 516 valence electrons. The van der Waals surface area contributed by atoms with E-state index in [2.05, 4.69) is 55.0 Å². The van der Waals surface area contributed by atoms with E-state index in [9.17, 15) is 39.6 Å². The van der Waals surface area contributed by atoms with E-state index in [1.54, 1.807) is 30.5 Å². The summed E-state index contributed by atoms with van der Waals surface area (Å²) in [5.74, 6) is -1.77. The number of amides is 3. The number of carboxylic acids is 1. The molecule has 9 N–H and O–H groups in total. The Balaban J connectivity index is 0.906. The van der Waals surface area contributed by atoms with E-state index >= 15 is 0 Å². The first kappa shape index (κ1) is 74.4. The summed E-state index contributed by atoms with van der Waals surface area (Å²) in [4.78, 5) is 58.8. The molecule has 7 rings (SSSR count). The lowest BCUT2D eigenvalue weighted by Gasteiger charge is -2.36. The molecule has 1 saturated heterocycles. The van der Waals surface area contributed by atoms with Crippen LogP contribution in [0.4, 0.5) is 11.4 Å². The van der Waals surface area contributed by atoms with Crippen LogP contribution < -0.4 is 31.9 Å². The molecule has 0 unspecified atom stereocenters. The van der Waals surface area contributed by atoms with Gasteiger partial charge >= 0.3 is 5.97 Å². The number of aromatic carboxylic acids is 1. The normalized spacial score (nSPS) is 16.0. The van der Waals surface area contributed by atoms with Crippen LogP contribution in [0.2, 0.25) is 0 Å². The number of aromatic nitrogens is 3. The molecule has 0 radical (unpaired) electrons. The van der Waals surface area contributed by atoms with Crippen molar-refractivity contribution in [3.05, 3.63) is 137 Å². The molecule has 0 bridgehead atoms. The highest BCUT2D eigenvalue weighted by molar-refractivity contribution is 6.10. The first-order valence-corrected chi connectivity index (χ1v) is 32.4. The van der Waals surface area contributed by atoms with Gasteiger partial charge in [0.15, 0.2) is 6.29 Å². The summed E-state index contributed by atoms with van der Waals surface area (Å²) in [6.07, 6.45) is 1.11. The molecule has 1 aliphatic carbocycles. The van der Waals surface area contributed by atoms with E-state index in [1.807, 2.05) is 64.1 Å². The minimum Gasteiger partial charge on any atom is -0.478 e. The standard InChI is InChI=1S/C69H93N9O17/c1-7-47(6)72-22-25-88-27-29-90-31-33-92-35-34-91-32-30-89-28-26-87-23-20-63(81)73-21-11-10-12-59(67(84)75-50-16-13-48(14-17-50)19-24-93-69-65(82)60(80)39-52(44-79)94-69)78-43-51(76-77-78)42-74-66(83)49-15-18-53(68(85)86)54(38-49)64-55-36-45(4)57(70-8-2)40-61(55)95-62-41-58(71-9-3)46(5)37-56(62)64/h7,13-18,36-38,40-41,43,52,59-60,65,69-70,72,79-80,82H,1,6,8-12,19-35,39,42,44H2,2-5H3,(H,73,81)(H,74,83)(H,75,84)(H,85,86)/b71-58-/t52-,59-,60-,65+,69+/m0/s1. The molecule has 1 fully saturated rings. The highest BCUT2D eigenvalue weighted by Crippen LogP contribution is 2.43. The second-order valence-corrected chi connectivity index (χ2v) is 22.6. The largest absolute Gasteiger partial charge is 0.478 e. The maximum absolute atomic E-state index is 14.2. The molecule has 95 heavy (non-hydrogen) atoms. The first-order chi connectivity index (χ1) is 46.1. The van der Waals surface area contributed by atoms with Crippen molar-refractivity contribution >= 4 is 46.0 Å². The Bertz CT molecular complexity index is 3470. The molecule has 2 aliphatic heterocycles. The number of aliphatic hydroxyl groups is 3. The number of ether oxygens (including phenoxy) is 8. The number of fused-ring (bicyclic) bond motifs is 2. The number of allylic oxidation sites excluding steroid dienone is 1. The number of anilines is 2. The third-order valence-corrected chi connectivity index (χ3v) is 15.5. The third kappa shape index (κ3) is 23.4. The van der Waals surface area contributed by atoms with Crippen LogP contribution in [0, 0.1) is 13.8 Å². The van der Waals surface area contributed by atoms with Crippen molar-refractivity contribution in [3.63, 3.8) is 0 Å². The molecule has 3 aromatic carbocycles. The monoisotopic (exact) mass is 1320 g/mol. The number of rotatable bonds is 44. The van der Waals surface area contributed by atoms with E-state index in [-0.39, 0.29) is 56.2 Å². The Hall–Kier alpha value is -7.99. The number of aryl methyl sites for hydroxylation is 2. The molecule has 3 aliphatic rings. The fourth-order valence-corrected chi connectivity index (χ4v) is 10.4. The number of aliphatic hydroxyl groups excluding tert-OH is 3. The quantitative estimate of drug-likeness (QED) is 0.0120. The van der Waals surface area contributed by atoms with Gasteiger partial charge in [-0.25, -0.2) is 9.48 Å². The van der Waals surface area contributed by atoms with Gasteiger partial charge in [-0.1, -0.05) is 30.5 Å². The average Bonchev–Trinajstić information content (AvgIpc) is 1.04. The lowest BCUT2D eigenvalue weighted by molar-refractivity contribution is -0.270.